The molecule has 0 aliphatic heterocycles. The Hall–Kier alpha value is -3.59. The molecule has 1 heterocycles. The molecule has 0 amide bonds. The van der Waals surface area contributed by atoms with E-state index < -0.39 is 5.60 Å². The monoisotopic (exact) mass is 435 g/mol. The third-order valence-corrected chi connectivity index (χ3v) is 6.02. The quantitative estimate of drug-likeness (QED) is 0.299. The second kappa shape index (κ2) is 8.51. The molecular formula is C29H22ClNO. The van der Waals surface area contributed by atoms with E-state index >= 15 is 0 Å². The zero-order valence-electron chi connectivity index (χ0n) is 17.4. The SMILES string of the molecule is OC(c1ccccc1)(c1ccccc1)c1[nH]c2cc(Cl)ccc2c1C=Cc1ccccc1. The molecule has 0 atom stereocenters. The maximum absolute atomic E-state index is 12.4. The number of halogens is 1. The molecule has 0 saturated heterocycles. The third kappa shape index (κ3) is 3.64. The number of H-pyrrole nitrogens is 1. The van der Waals surface area contributed by atoms with Crippen LogP contribution in [-0.4, -0.2) is 10.1 Å². The van der Waals surface area contributed by atoms with E-state index in [2.05, 4.69) is 29.3 Å². The summed E-state index contributed by atoms with van der Waals surface area (Å²) in [6, 6.07) is 35.4. The molecular weight excluding hydrogens is 414 g/mol. The van der Waals surface area contributed by atoms with E-state index in [0.717, 1.165) is 33.2 Å². The molecule has 0 aliphatic rings. The zero-order valence-corrected chi connectivity index (χ0v) is 18.1. The number of hydrogen-bond acceptors (Lipinski definition) is 1. The predicted molar refractivity (Wildman–Crippen MR) is 134 cm³/mol. The zero-order chi connectivity index (χ0) is 22.0. The Labute approximate surface area is 192 Å². The van der Waals surface area contributed by atoms with Gasteiger partial charge < -0.3 is 10.1 Å². The number of aromatic nitrogens is 1. The summed E-state index contributed by atoms with van der Waals surface area (Å²) in [6.45, 7) is 0. The molecule has 2 N–H and O–H groups in total. The van der Waals surface area contributed by atoms with Gasteiger partial charge in [0.1, 0.15) is 0 Å². The van der Waals surface area contributed by atoms with Crippen LogP contribution in [0.5, 0.6) is 0 Å². The summed E-state index contributed by atoms with van der Waals surface area (Å²) in [7, 11) is 0. The van der Waals surface area contributed by atoms with Crippen LogP contribution in [0.1, 0.15) is 27.9 Å². The topological polar surface area (TPSA) is 36.0 Å². The number of rotatable bonds is 5. The van der Waals surface area contributed by atoms with Crippen molar-refractivity contribution in [2.75, 3.05) is 0 Å². The number of aromatic amines is 1. The van der Waals surface area contributed by atoms with Crippen molar-refractivity contribution in [1.29, 1.82) is 0 Å². The van der Waals surface area contributed by atoms with Crippen molar-refractivity contribution < 1.29 is 5.11 Å². The van der Waals surface area contributed by atoms with E-state index in [4.69, 9.17) is 11.6 Å². The van der Waals surface area contributed by atoms with E-state index in [0.29, 0.717) is 10.7 Å². The molecule has 0 bridgehead atoms. The Kier molecular flexibility index (Phi) is 5.40. The molecule has 156 valence electrons. The third-order valence-electron chi connectivity index (χ3n) is 5.79. The van der Waals surface area contributed by atoms with Crippen LogP contribution in [0.3, 0.4) is 0 Å². The van der Waals surface area contributed by atoms with Crippen LogP contribution < -0.4 is 0 Å². The lowest BCUT2D eigenvalue weighted by Gasteiger charge is -2.29. The molecule has 4 aromatic carbocycles. The van der Waals surface area contributed by atoms with Gasteiger partial charge in [0.05, 0.1) is 5.69 Å². The van der Waals surface area contributed by atoms with Gasteiger partial charge in [0, 0.05) is 21.5 Å². The number of aliphatic hydroxyl groups is 1. The first-order chi connectivity index (χ1) is 15.7. The first kappa shape index (κ1) is 20.3. The number of nitrogens with one attached hydrogen (secondary N) is 1. The van der Waals surface area contributed by atoms with Gasteiger partial charge in [-0.05, 0) is 28.8 Å². The van der Waals surface area contributed by atoms with E-state index in [1.54, 1.807) is 0 Å². The highest BCUT2D eigenvalue weighted by Gasteiger charge is 2.37. The van der Waals surface area contributed by atoms with E-state index in [1.165, 1.54) is 0 Å². The van der Waals surface area contributed by atoms with Gasteiger partial charge in [-0.15, -0.1) is 0 Å². The fourth-order valence-corrected chi connectivity index (χ4v) is 4.38. The molecule has 1 aromatic heterocycles. The van der Waals surface area contributed by atoms with Gasteiger partial charge in [-0.2, -0.15) is 0 Å². The van der Waals surface area contributed by atoms with E-state index in [-0.39, 0.29) is 0 Å². The summed E-state index contributed by atoms with van der Waals surface area (Å²) in [6.07, 6.45) is 4.13. The molecule has 0 spiro atoms. The van der Waals surface area contributed by atoms with Gasteiger partial charge in [-0.25, -0.2) is 0 Å². The van der Waals surface area contributed by atoms with Gasteiger partial charge in [0.2, 0.25) is 0 Å². The van der Waals surface area contributed by atoms with Crippen LogP contribution in [0.25, 0.3) is 23.1 Å². The molecule has 32 heavy (non-hydrogen) atoms. The number of fused-ring (bicyclic) bond motifs is 1. The largest absolute Gasteiger partial charge is 0.375 e. The van der Waals surface area contributed by atoms with Crippen LogP contribution in [0, 0.1) is 0 Å². The van der Waals surface area contributed by atoms with Crippen LogP contribution in [0.4, 0.5) is 0 Å². The highest BCUT2D eigenvalue weighted by atomic mass is 35.5. The van der Waals surface area contributed by atoms with Crippen LogP contribution in [0.15, 0.2) is 109 Å². The minimum atomic E-state index is -1.37. The first-order valence-corrected chi connectivity index (χ1v) is 10.9. The summed E-state index contributed by atoms with van der Waals surface area (Å²) in [5.74, 6) is 0. The fourth-order valence-electron chi connectivity index (χ4n) is 4.21. The molecule has 3 heteroatoms. The highest BCUT2D eigenvalue weighted by molar-refractivity contribution is 6.31. The number of benzene rings is 4. The second-order valence-electron chi connectivity index (χ2n) is 7.79. The van der Waals surface area contributed by atoms with Gasteiger partial charge in [0.25, 0.3) is 0 Å². The first-order valence-electron chi connectivity index (χ1n) is 10.5. The summed E-state index contributed by atoms with van der Waals surface area (Å²) in [5, 5.41) is 14.0. The summed E-state index contributed by atoms with van der Waals surface area (Å²) < 4.78 is 0. The van der Waals surface area contributed by atoms with Crippen LogP contribution in [-0.2, 0) is 5.60 Å². The Morgan fingerprint density at radius 3 is 1.84 bits per heavy atom. The van der Waals surface area contributed by atoms with Crippen molar-refractivity contribution in [3.8, 4) is 0 Å². The smallest absolute Gasteiger partial charge is 0.155 e. The minimum absolute atomic E-state index is 0.645. The molecule has 0 radical (unpaired) electrons. The number of hydrogen-bond donors (Lipinski definition) is 2. The average Bonchev–Trinajstić information content (AvgIpc) is 3.22. The van der Waals surface area contributed by atoms with Crippen molar-refractivity contribution in [1.82, 2.24) is 4.98 Å². The molecule has 5 aromatic rings. The lowest BCUT2D eigenvalue weighted by molar-refractivity contribution is 0.121. The van der Waals surface area contributed by atoms with Gasteiger partial charge in [0.15, 0.2) is 5.60 Å². The lowest BCUT2D eigenvalue weighted by atomic mass is 9.81. The maximum Gasteiger partial charge on any atom is 0.155 e. The van der Waals surface area contributed by atoms with Crippen molar-refractivity contribution in [3.05, 3.63) is 142 Å². The lowest BCUT2D eigenvalue weighted by Crippen LogP contribution is -2.30. The van der Waals surface area contributed by atoms with Crippen molar-refractivity contribution >= 4 is 34.7 Å². The van der Waals surface area contributed by atoms with E-state index in [1.807, 2.05) is 97.1 Å². The van der Waals surface area contributed by atoms with Crippen LogP contribution >= 0.6 is 11.6 Å². The normalized spacial score (nSPS) is 11.9. The highest BCUT2D eigenvalue weighted by Crippen LogP contribution is 2.41. The Bertz CT molecular complexity index is 1330. The van der Waals surface area contributed by atoms with Crippen molar-refractivity contribution in [2.45, 2.75) is 5.60 Å². The van der Waals surface area contributed by atoms with Gasteiger partial charge >= 0.3 is 0 Å². The molecule has 0 saturated carbocycles. The summed E-state index contributed by atoms with van der Waals surface area (Å²) in [4.78, 5) is 3.49. The molecule has 0 unspecified atom stereocenters. The van der Waals surface area contributed by atoms with Crippen LogP contribution in [0.2, 0.25) is 5.02 Å². The molecule has 0 fully saturated rings. The molecule has 2 nitrogen and oxygen atoms in total. The van der Waals surface area contributed by atoms with Crippen molar-refractivity contribution in [3.63, 3.8) is 0 Å². The minimum Gasteiger partial charge on any atom is -0.375 e. The molecule has 0 aliphatic carbocycles. The predicted octanol–water partition coefficient (Wildman–Crippen LogP) is 7.28. The van der Waals surface area contributed by atoms with Gasteiger partial charge in [-0.1, -0.05) is 121 Å². The summed E-state index contributed by atoms with van der Waals surface area (Å²) in [5.41, 5.74) is 3.81. The second-order valence-corrected chi connectivity index (χ2v) is 8.23. The Morgan fingerprint density at radius 1 is 0.688 bits per heavy atom. The fraction of sp³-hybridized carbons (Fsp3) is 0.0345. The Balaban J connectivity index is 1.80. The average molecular weight is 436 g/mol. The summed E-state index contributed by atoms with van der Waals surface area (Å²) >= 11 is 6.30. The van der Waals surface area contributed by atoms with Gasteiger partial charge in [-0.3, -0.25) is 0 Å². The maximum atomic E-state index is 12.4. The van der Waals surface area contributed by atoms with E-state index in [9.17, 15) is 5.11 Å². The standard InChI is InChI=1S/C29H22ClNO/c30-24-17-19-25-26(18-16-21-10-4-1-5-11-21)28(31-27(25)20-24)29(32,22-12-6-2-7-13-22)23-14-8-3-9-15-23/h1-20,31-32H. The van der Waals surface area contributed by atoms with Crippen molar-refractivity contribution in [2.24, 2.45) is 0 Å². The molecule has 5 rings (SSSR count). The Morgan fingerprint density at radius 2 is 1.25 bits per heavy atom.